The third-order valence-corrected chi connectivity index (χ3v) is 4.73. The van der Waals surface area contributed by atoms with Crippen molar-refractivity contribution < 1.29 is 9.53 Å². The Kier molecular flexibility index (Phi) is 5.46. The summed E-state index contributed by atoms with van der Waals surface area (Å²) in [6, 6.07) is 10.6. The lowest BCUT2D eigenvalue weighted by Crippen LogP contribution is -2.50. The third kappa shape index (κ3) is 4.31. The smallest absolute Gasteiger partial charge is 0.223 e. The number of ether oxygens (including phenoxy) is 1. The van der Waals surface area contributed by atoms with Crippen molar-refractivity contribution in [1.82, 2.24) is 10.2 Å². The lowest BCUT2D eigenvalue weighted by molar-refractivity contribution is -0.128. The molecule has 4 heteroatoms. The number of carbonyl (C=O) groups excluding carboxylic acids is 1. The molecule has 2 fully saturated rings. The minimum absolute atomic E-state index is 0.189. The van der Waals surface area contributed by atoms with Gasteiger partial charge in [-0.1, -0.05) is 36.8 Å². The van der Waals surface area contributed by atoms with Crippen LogP contribution in [0.25, 0.3) is 0 Å². The highest BCUT2D eigenvalue weighted by Gasteiger charge is 2.27. The molecule has 1 amide bonds. The van der Waals surface area contributed by atoms with Gasteiger partial charge in [0.2, 0.25) is 5.91 Å². The molecule has 1 aliphatic heterocycles. The molecule has 0 radical (unpaired) electrons. The molecule has 0 bridgehead atoms. The van der Waals surface area contributed by atoms with Gasteiger partial charge < -0.3 is 10.1 Å². The summed E-state index contributed by atoms with van der Waals surface area (Å²) in [7, 11) is 0. The van der Waals surface area contributed by atoms with Crippen molar-refractivity contribution in [3.05, 3.63) is 35.9 Å². The predicted molar refractivity (Wildman–Crippen MR) is 86.7 cm³/mol. The van der Waals surface area contributed by atoms with Gasteiger partial charge in [-0.25, -0.2) is 0 Å². The van der Waals surface area contributed by atoms with Crippen LogP contribution in [0.3, 0.4) is 0 Å². The second kappa shape index (κ2) is 7.75. The summed E-state index contributed by atoms with van der Waals surface area (Å²) >= 11 is 0. The van der Waals surface area contributed by atoms with E-state index in [1.165, 1.54) is 12.0 Å². The van der Waals surface area contributed by atoms with Gasteiger partial charge in [0.1, 0.15) is 0 Å². The first-order valence-electron chi connectivity index (χ1n) is 8.45. The Morgan fingerprint density at radius 2 is 1.95 bits per heavy atom. The Morgan fingerprint density at radius 1 is 1.23 bits per heavy atom. The van der Waals surface area contributed by atoms with Gasteiger partial charge in [-0.2, -0.15) is 0 Å². The molecule has 1 heterocycles. The number of amides is 1. The molecule has 1 saturated carbocycles. The topological polar surface area (TPSA) is 41.6 Å². The maximum Gasteiger partial charge on any atom is 0.223 e. The van der Waals surface area contributed by atoms with Crippen LogP contribution in [0, 0.1) is 5.92 Å². The summed E-state index contributed by atoms with van der Waals surface area (Å²) in [5, 5.41) is 3.29. The van der Waals surface area contributed by atoms with E-state index in [1.807, 2.05) is 6.07 Å². The quantitative estimate of drug-likeness (QED) is 0.872. The highest BCUT2D eigenvalue weighted by Crippen LogP contribution is 2.26. The summed E-state index contributed by atoms with van der Waals surface area (Å²) < 4.78 is 5.42. The van der Waals surface area contributed by atoms with E-state index >= 15 is 0 Å². The van der Waals surface area contributed by atoms with Crippen LogP contribution in [0.1, 0.15) is 24.8 Å². The summed E-state index contributed by atoms with van der Waals surface area (Å²) in [6.07, 6.45) is 4.21. The fourth-order valence-corrected chi connectivity index (χ4v) is 3.14. The maximum atomic E-state index is 12.3. The highest BCUT2D eigenvalue weighted by molar-refractivity contribution is 5.79. The molecule has 1 atom stereocenters. The van der Waals surface area contributed by atoms with E-state index in [4.69, 9.17) is 4.74 Å². The van der Waals surface area contributed by atoms with E-state index in [0.717, 1.165) is 52.1 Å². The van der Waals surface area contributed by atoms with E-state index in [9.17, 15) is 4.79 Å². The zero-order chi connectivity index (χ0) is 15.2. The Balaban J connectivity index is 1.59. The molecular formula is C18H26N2O2. The monoisotopic (exact) mass is 302 g/mol. The number of morpholine rings is 1. The van der Waals surface area contributed by atoms with Gasteiger partial charge in [0, 0.05) is 31.6 Å². The average Bonchev–Trinajstić information content (AvgIpc) is 2.47. The fourth-order valence-electron chi connectivity index (χ4n) is 3.14. The van der Waals surface area contributed by atoms with E-state index in [1.54, 1.807) is 0 Å². The van der Waals surface area contributed by atoms with Crippen LogP contribution in [0.2, 0.25) is 0 Å². The summed E-state index contributed by atoms with van der Waals surface area (Å²) in [6.45, 7) is 4.44. The number of rotatable bonds is 6. The highest BCUT2D eigenvalue weighted by atomic mass is 16.5. The Hall–Kier alpha value is -1.39. The molecule has 2 aliphatic rings. The molecule has 0 unspecified atom stereocenters. The summed E-state index contributed by atoms with van der Waals surface area (Å²) in [4.78, 5) is 14.7. The molecule has 1 aromatic carbocycles. The Bertz CT molecular complexity index is 467. The Morgan fingerprint density at radius 3 is 2.59 bits per heavy atom. The lowest BCUT2D eigenvalue weighted by atomic mass is 9.84. The number of carbonyl (C=O) groups is 1. The van der Waals surface area contributed by atoms with Gasteiger partial charge in [0.05, 0.1) is 13.2 Å². The minimum atomic E-state index is 0.189. The van der Waals surface area contributed by atoms with E-state index in [-0.39, 0.29) is 17.9 Å². The van der Waals surface area contributed by atoms with Gasteiger partial charge >= 0.3 is 0 Å². The normalized spacial score (nSPS) is 21.1. The van der Waals surface area contributed by atoms with Crippen molar-refractivity contribution in [2.45, 2.75) is 31.7 Å². The van der Waals surface area contributed by atoms with Crippen LogP contribution in [-0.4, -0.2) is 49.7 Å². The molecule has 120 valence electrons. The third-order valence-electron chi connectivity index (χ3n) is 4.73. The standard InChI is InChI=1S/C18H26N2O2/c21-18(16-7-4-8-16)19-17(13-15-5-2-1-3-6-15)14-20-9-11-22-12-10-20/h1-3,5-6,16-17H,4,7-14H2,(H,19,21)/t17-/m1/s1. The van der Waals surface area contributed by atoms with Gasteiger partial charge in [0.25, 0.3) is 0 Å². The van der Waals surface area contributed by atoms with Crippen LogP contribution >= 0.6 is 0 Å². The van der Waals surface area contributed by atoms with Gasteiger partial charge in [-0.3, -0.25) is 9.69 Å². The average molecular weight is 302 g/mol. The number of nitrogens with zero attached hydrogens (tertiary/aromatic N) is 1. The van der Waals surface area contributed by atoms with Gasteiger partial charge in [0.15, 0.2) is 0 Å². The summed E-state index contributed by atoms with van der Waals surface area (Å²) in [5.41, 5.74) is 1.29. The zero-order valence-corrected chi connectivity index (χ0v) is 13.2. The fraction of sp³-hybridized carbons (Fsp3) is 0.611. The zero-order valence-electron chi connectivity index (χ0n) is 13.2. The molecular weight excluding hydrogens is 276 g/mol. The molecule has 0 aromatic heterocycles. The molecule has 22 heavy (non-hydrogen) atoms. The van der Waals surface area contributed by atoms with Crippen molar-refractivity contribution in [2.75, 3.05) is 32.8 Å². The number of hydrogen-bond acceptors (Lipinski definition) is 3. The second-order valence-corrected chi connectivity index (χ2v) is 6.44. The first-order chi connectivity index (χ1) is 10.8. The number of nitrogens with one attached hydrogen (secondary N) is 1. The predicted octanol–water partition coefficient (Wildman–Crippen LogP) is 1.85. The number of benzene rings is 1. The van der Waals surface area contributed by atoms with Crippen LogP contribution in [0.15, 0.2) is 30.3 Å². The summed E-state index contributed by atoms with van der Waals surface area (Å²) in [5.74, 6) is 0.503. The van der Waals surface area contributed by atoms with E-state index in [0.29, 0.717) is 0 Å². The van der Waals surface area contributed by atoms with Crippen molar-refractivity contribution in [3.8, 4) is 0 Å². The maximum absolute atomic E-state index is 12.3. The van der Waals surface area contributed by atoms with Crippen LogP contribution < -0.4 is 5.32 Å². The van der Waals surface area contributed by atoms with Crippen molar-refractivity contribution >= 4 is 5.91 Å². The van der Waals surface area contributed by atoms with E-state index < -0.39 is 0 Å². The lowest BCUT2D eigenvalue weighted by Gasteiger charge is -2.33. The van der Waals surface area contributed by atoms with Crippen molar-refractivity contribution in [1.29, 1.82) is 0 Å². The van der Waals surface area contributed by atoms with Gasteiger partial charge in [-0.15, -0.1) is 0 Å². The van der Waals surface area contributed by atoms with E-state index in [2.05, 4.69) is 34.5 Å². The minimum Gasteiger partial charge on any atom is -0.379 e. The van der Waals surface area contributed by atoms with Crippen LogP contribution in [0.5, 0.6) is 0 Å². The first kappa shape index (κ1) is 15.5. The van der Waals surface area contributed by atoms with Crippen LogP contribution in [-0.2, 0) is 16.0 Å². The van der Waals surface area contributed by atoms with Crippen LogP contribution in [0.4, 0.5) is 0 Å². The molecule has 1 aliphatic carbocycles. The van der Waals surface area contributed by atoms with Crippen molar-refractivity contribution in [3.63, 3.8) is 0 Å². The second-order valence-electron chi connectivity index (χ2n) is 6.44. The Labute approximate surface area is 132 Å². The SMILES string of the molecule is O=C(N[C@H](Cc1ccccc1)CN1CCOCC1)C1CCC1. The molecule has 0 spiro atoms. The molecule has 3 rings (SSSR count). The number of hydrogen-bond donors (Lipinski definition) is 1. The van der Waals surface area contributed by atoms with Crippen molar-refractivity contribution in [2.24, 2.45) is 5.92 Å². The molecule has 1 saturated heterocycles. The molecule has 1 N–H and O–H groups in total. The first-order valence-corrected chi connectivity index (χ1v) is 8.45. The largest absolute Gasteiger partial charge is 0.379 e. The van der Waals surface area contributed by atoms with Gasteiger partial charge in [-0.05, 0) is 24.8 Å². The molecule has 1 aromatic rings. The molecule has 4 nitrogen and oxygen atoms in total.